The maximum Gasteiger partial charge on any atom is 0.113 e. The first-order valence-corrected chi connectivity index (χ1v) is 12.8. The highest BCUT2D eigenvalue weighted by Crippen LogP contribution is 2.68. The molecule has 1 saturated heterocycles. The number of rotatable bonds is 4. The van der Waals surface area contributed by atoms with E-state index in [4.69, 9.17) is 4.74 Å². The number of fused-ring (bicyclic) bond motifs is 5. The minimum absolute atomic E-state index is 0.0356. The number of hydrogen-bond acceptors (Lipinski definition) is 3. The van der Waals surface area contributed by atoms with Crippen LogP contribution in [0, 0.1) is 40.4 Å². The van der Waals surface area contributed by atoms with E-state index < -0.39 is 5.60 Å². The van der Waals surface area contributed by atoms with E-state index >= 15 is 0 Å². The minimum Gasteiger partial charge on any atom is -0.393 e. The topological polar surface area (TPSA) is 53.0 Å². The van der Waals surface area contributed by atoms with Gasteiger partial charge in [0.25, 0.3) is 0 Å². The Morgan fingerprint density at radius 1 is 1.13 bits per heavy atom. The van der Waals surface area contributed by atoms with Gasteiger partial charge in [-0.2, -0.15) is 0 Å². The molecule has 2 N–H and O–H groups in total. The average Bonchev–Trinajstić information content (AvgIpc) is 3.33. The fourth-order valence-electron chi connectivity index (χ4n) is 9.10. The molecule has 3 saturated carbocycles. The van der Waals surface area contributed by atoms with Crippen LogP contribution in [0.4, 0.5) is 0 Å². The van der Waals surface area contributed by atoms with Gasteiger partial charge in [-0.1, -0.05) is 39.3 Å². The standard InChI is InChI=1S/C27H44O3/c1-16(2)14-22-24(30-22)27(5,29)23-9-8-20-19-7-6-17-15-18(28)10-12-25(17,3)21(19)11-13-26(20,23)4/h6,16,18-24,28-29H,7-15H2,1-5H3/t18?,19?,20-,21-,22+,23-,24+,25?,26?,27+/m0/s1. The SMILES string of the molecule is CC(C)C[C@H]1O[C@H]1[C@](C)(O)[C@H]1CC[C@H]2C3CC=C4CC(O)CCC4(C)[C@H]3CCC21C. The van der Waals surface area contributed by atoms with E-state index in [2.05, 4.69) is 40.7 Å². The Bertz CT molecular complexity index is 711. The van der Waals surface area contributed by atoms with E-state index in [-0.39, 0.29) is 23.7 Å². The predicted molar refractivity (Wildman–Crippen MR) is 120 cm³/mol. The molecule has 0 aromatic carbocycles. The normalized spacial score (nSPS) is 52.1. The van der Waals surface area contributed by atoms with Crippen LogP contribution in [0.1, 0.15) is 92.4 Å². The molecule has 0 spiro atoms. The molecule has 3 heteroatoms. The van der Waals surface area contributed by atoms with E-state index in [1.165, 1.54) is 25.7 Å². The highest BCUT2D eigenvalue weighted by Gasteiger charge is 2.65. The Morgan fingerprint density at radius 3 is 2.63 bits per heavy atom. The van der Waals surface area contributed by atoms with Crippen molar-refractivity contribution in [2.24, 2.45) is 40.4 Å². The third kappa shape index (κ3) is 3.09. The molecule has 170 valence electrons. The van der Waals surface area contributed by atoms with Crippen molar-refractivity contribution < 1.29 is 14.9 Å². The molecule has 4 unspecified atom stereocenters. The first kappa shape index (κ1) is 21.5. The molecule has 5 rings (SSSR count). The van der Waals surface area contributed by atoms with Crippen LogP contribution in [0.15, 0.2) is 11.6 Å². The summed E-state index contributed by atoms with van der Waals surface area (Å²) >= 11 is 0. The second-order valence-corrected chi connectivity index (χ2v) is 12.8. The average molecular weight is 417 g/mol. The fourth-order valence-corrected chi connectivity index (χ4v) is 9.10. The van der Waals surface area contributed by atoms with E-state index in [0.29, 0.717) is 17.3 Å². The van der Waals surface area contributed by atoms with Crippen molar-refractivity contribution in [2.75, 3.05) is 0 Å². The van der Waals surface area contributed by atoms with E-state index in [9.17, 15) is 10.2 Å². The first-order chi connectivity index (χ1) is 14.1. The summed E-state index contributed by atoms with van der Waals surface area (Å²) in [6.07, 6.45) is 12.9. The highest BCUT2D eigenvalue weighted by molar-refractivity contribution is 5.26. The summed E-state index contributed by atoms with van der Waals surface area (Å²) in [5.74, 6) is 3.20. The lowest BCUT2D eigenvalue weighted by molar-refractivity contribution is -0.110. The Kier molecular flexibility index (Phi) is 5.05. The van der Waals surface area contributed by atoms with Crippen LogP contribution < -0.4 is 0 Å². The van der Waals surface area contributed by atoms with Crippen LogP contribution >= 0.6 is 0 Å². The third-order valence-corrected chi connectivity index (χ3v) is 10.6. The van der Waals surface area contributed by atoms with Gasteiger partial charge in [-0.15, -0.1) is 0 Å². The second-order valence-electron chi connectivity index (χ2n) is 12.8. The number of ether oxygens (including phenoxy) is 1. The fraction of sp³-hybridized carbons (Fsp3) is 0.926. The van der Waals surface area contributed by atoms with Crippen LogP contribution in [0.25, 0.3) is 0 Å². The van der Waals surface area contributed by atoms with Gasteiger partial charge in [0.1, 0.15) is 6.10 Å². The summed E-state index contributed by atoms with van der Waals surface area (Å²) in [6, 6.07) is 0. The smallest absolute Gasteiger partial charge is 0.113 e. The lowest BCUT2D eigenvalue weighted by atomic mass is 9.46. The van der Waals surface area contributed by atoms with Gasteiger partial charge in [-0.3, -0.25) is 0 Å². The molecule has 0 bridgehead atoms. The number of allylic oxidation sites excluding steroid dienone is 1. The van der Waals surface area contributed by atoms with Crippen molar-refractivity contribution in [2.45, 2.75) is 116 Å². The quantitative estimate of drug-likeness (QED) is 0.470. The third-order valence-electron chi connectivity index (χ3n) is 10.6. The molecule has 0 aromatic rings. The number of aliphatic hydroxyl groups excluding tert-OH is 1. The van der Waals surface area contributed by atoms with Gasteiger partial charge >= 0.3 is 0 Å². The number of epoxide rings is 1. The number of hydrogen-bond donors (Lipinski definition) is 2. The molecule has 30 heavy (non-hydrogen) atoms. The molecule has 0 radical (unpaired) electrons. The molecule has 0 aromatic heterocycles. The van der Waals surface area contributed by atoms with Crippen molar-refractivity contribution in [3.8, 4) is 0 Å². The molecule has 1 aliphatic heterocycles. The van der Waals surface area contributed by atoms with Crippen LogP contribution in [0.5, 0.6) is 0 Å². The Morgan fingerprint density at radius 2 is 1.90 bits per heavy atom. The molecule has 3 nitrogen and oxygen atoms in total. The lowest BCUT2D eigenvalue weighted by Gasteiger charge is -2.58. The van der Waals surface area contributed by atoms with Crippen LogP contribution in [0.2, 0.25) is 0 Å². The minimum atomic E-state index is -0.704. The molecular weight excluding hydrogens is 372 g/mol. The van der Waals surface area contributed by atoms with E-state index in [1.807, 2.05) is 0 Å². The zero-order chi connectivity index (χ0) is 21.5. The lowest BCUT2D eigenvalue weighted by Crippen LogP contribution is -2.54. The van der Waals surface area contributed by atoms with E-state index in [0.717, 1.165) is 49.9 Å². The van der Waals surface area contributed by atoms with Crippen LogP contribution in [-0.2, 0) is 4.74 Å². The largest absolute Gasteiger partial charge is 0.393 e. The summed E-state index contributed by atoms with van der Waals surface area (Å²) in [5.41, 5.74) is 1.38. The Labute approximate surface area is 183 Å². The summed E-state index contributed by atoms with van der Waals surface area (Å²) < 4.78 is 6.05. The number of aliphatic hydroxyl groups is 2. The molecule has 4 fully saturated rings. The molecule has 5 aliphatic rings. The molecule has 10 atom stereocenters. The second kappa shape index (κ2) is 7.06. The summed E-state index contributed by atoms with van der Waals surface area (Å²) in [5, 5.41) is 22.0. The molecule has 1 heterocycles. The summed E-state index contributed by atoms with van der Waals surface area (Å²) in [6.45, 7) is 11.6. The highest BCUT2D eigenvalue weighted by atomic mass is 16.6. The van der Waals surface area contributed by atoms with Gasteiger partial charge < -0.3 is 14.9 Å². The van der Waals surface area contributed by atoms with Crippen molar-refractivity contribution >= 4 is 0 Å². The zero-order valence-corrected chi connectivity index (χ0v) is 19.9. The summed E-state index contributed by atoms with van der Waals surface area (Å²) in [4.78, 5) is 0. The zero-order valence-electron chi connectivity index (χ0n) is 19.9. The maximum absolute atomic E-state index is 11.7. The van der Waals surface area contributed by atoms with Crippen molar-refractivity contribution in [1.29, 1.82) is 0 Å². The van der Waals surface area contributed by atoms with Crippen molar-refractivity contribution in [1.82, 2.24) is 0 Å². The predicted octanol–water partition coefficient (Wildman–Crippen LogP) is 5.49. The molecule has 4 aliphatic carbocycles. The monoisotopic (exact) mass is 416 g/mol. The van der Waals surface area contributed by atoms with Gasteiger partial charge in [0.05, 0.1) is 17.8 Å². The van der Waals surface area contributed by atoms with Crippen LogP contribution in [-0.4, -0.2) is 34.1 Å². The Balaban J connectivity index is 1.37. The first-order valence-electron chi connectivity index (χ1n) is 12.8. The molecule has 0 amide bonds. The van der Waals surface area contributed by atoms with Crippen LogP contribution in [0.3, 0.4) is 0 Å². The van der Waals surface area contributed by atoms with Gasteiger partial charge in [-0.05, 0) is 105 Å². The maximum atomic E-state index is 11.7. The van der Waals surface area contributed by atoms with Gasteiger partial charge in [0.2, 0.25) is 0 Å². The van der Waals surface area contributed by atoms with Gasteiger partial charge in [0, 0.05) is 0 Å². The summed E-state index contributed by atoms with van der Waals surface area (Å²) in [7, 11) is 0. The van der Waals surface area contributed by atoms with E-state index in [1.54, 1.807) is 5.57 Å². The van der Waals surface area contributed by atoms with Gasteiger partial charge in [0.15, 0.2) is 0 Å². The van der Waals surface area contributed by atoms with Gasteiger partial charge in [-0.25, -0.2) is 0 Å². The van der Waals surface area contributed by atoms with Crippen molar-refractivity contribution in [3.05, 3.63) is 11.6 Å². The van der Waals surface area contributed by atoms with Crippen molar-refractivity contribution in [3.63, 3.8) is 0 Å². The molecular formula is C27H44O3. The Hall–Kier alpha value is -0.380.